The van der Waals surface area contributed by atoms with Crippen molar-refractivity contribution in [3.8, 4) is 11.3 Å². The van der Waals surface area contributed by atoms with Crippen LogP contribution in [0, 0.1) is 0 Å². The van der Waals surface area contributed by atoms with Crippen LogP contribution in [0.15, 0.2) is 41.8 Å². The van der Waals surface area contributed by atoms with Gasteiger partial charge in [0.1, 0.15) is 0 Å². The van der Waals surface area contributed by atoms with E-state index < -0.39 is 5.41 Å². The van der Waals surface area contributed by atoms with E-state index in [9.17, 15) is 14.4 Å². The summed E-state index contributed by atoms with van der Waals surface area (Å²) in [4.78, 5) is 43.4. The maximum absolute atomic E-state index is 12.8. The number of anilines is 3. The van der Waals surface area contributed by atoms with Crippen molar-refractivity contribution in [3.63, 3.8) is 0 Å². The fraction of sp³-hybridized carbons (Fsp3) is 0.280. The average Bonchev–Trinajstić information content (AvgIpc) is 3.25. The Bertz CT molecular complexity index is 1310. The number of nitrogens with one attached hydrogen (secondary N) is 2. The minimum absolute atomic E-state index is 0.00669. The lowest BCUT2D eigenvalue weighted by Gasteiger charge is -2.16. The normalized spacial score (nSPS) is 16.6. The number of likely N-dealkylation sites (N-methyl/N-ethyl adjacent to an activating group) is 1. The van der Waals surface area contributed by atoms with Gasteiger partial charge in [0, 0.05) is 41.4 Å². The highest BCUT2D eigenvalue weighted by atomic mass is 32.1. The van der Waals surface area contributed by atoms with E-state index in [1.807, 2.05) is 43.5 Å². The van der Waals surface area contributed by atoms with E-state index in [0.29, 0.717) is 17.1 Å². The van der Waals surface area contributed by atoms with Crippen molar-refractivity contribution in [1.82, 2.24) is 4.98 Å². The molecule has 7 nitrogen and oxygen atoms in total. The number of carbonyl (C=O) groups excluding carboxylic acids is 3. The highest BCUT2D eigenvalue weighted by Gasteiger charge is 2.42. The fourth-order valence-electron chi connectivity index (χ4n) is 4.48. The Morgan fingerprint density at radius 2 is 1.97 bits per heavy atom. The summed E-state index contributed by atoms with van der Waals surface area (Å²) in [6.07, 6.45) is 2.00. The first-order chi connectivity index (χ1) is 15.7. The second-order valence-electron chi connectivity index (χ2n) is 8.99. The molecule has 0 bridgehead atoms. The minimum atomic E-state index is -0.585. The van der Waals surface area contributed by atoms with E-state index in [2.05, 4.69) is 15.6 Å². The SMILES string of the molecule is CN1C(=O)C(C)(C)c2cc(-c3csc(NC(=O)c4ccc5c(c4)CCCC(=O)N5)n3)ccc21. The van der Waals surface area contributed by atoms with E-state index in [0.717, 1.165) is 46.6 Å². The van der Waals surface area contributed by atoms with Gasteiger partial charge in [-0.25, -0.2) is 4.98 Å². The first-order valence-electron chi connectivity index (χ1n) is 10.9. The van der Waals surface area contributed by atoms with Crippen LogP contribution >= 0.6 is 11.3 Å². The Balaban J connectivity index is 1.36. The third kappa shape index (κ3) is 3.70. The summed E-state index contributed by atoms with van der Waals surface area (Å²) in [5, 5.41) is 8.17. The summed E-state index contributed by atoms with van der Waals surface area (Å²) in [5.41, 5.74) is 5.23. The summed E-state index contributed by atoms with van der Waals surface area (Å²) >= 11 is 1.36. The van der Waals surface area contributed by atoms with Gasteiger partial charge in [0.15, 0.2) is 5.13 Å². The van der Waals surface area contributed by atoms with Crippen molar-refractivity contribution in [1.29, 1.82) is 0 Å². The lowest BCUT2D eigenvalue weighted by atomic mass is 9.85. The number of amides is 3. The molecule has 2 aliphatic rings. The maximum atomic E-state index is 12.8. The predicted molar refractivity (Wildman–Crippen MR) is 130 cm³/mol. The molecule has 3 aromatic rings. The van der Waals surface area contributed by atoms with Gasteiger partial charge in [-0.2, -0.15) is 0 Å². The highest BCUT2D eigenvalue weighted by molar-refractivity contribution is 7.14. The van der Waals surface area contributed by atoms with Crippen LogP contribution in [0.5, 0.6) is 0 Å². The molecule has 33 heavy (non-hydrogen) atoms. The number of fused-ring (bicyclic) bond motifs is 2. The van der Waals surface area contributed by atoms with E-state index in [1.165, 1.54) is 11.3 Å². The molecule has 2 aliphatic heterocycles. The van der Waals surface area contributed by atoms with Crippen LogP contribution in [0.2, 0.25) is 0 Å². The molecule has 0 saturated heterocycles. The maximum Gasteiger partial charge on any atom is 0.257 e. The lowest BCUT2D eigenvalue weighted by molar-refractivity contribution is -0.121. The largest absolute Gasteiger partial charge is 0.326 e. The number of aromatic nitrogens is 1. The molecule has 3 amide bonds. The molecule has 0 saturated carbocycles. The summed E-state index contributed by atoms with van der Waals surface area (Å²) in [6.45, 7) is 3.86. The van der Waals surface area contributed by atoms with Gasteiger partial charge in [0.2, 0.25) is 11.8 Å². The standard InChI is InChI=1S/C25H24N4O3S/c1-25(2)17-12-15(8-10-20(17)29(3)23(25)32)19-13-33-24(27-19)28-22(31)16-7-9-18-14(11-16)5-4-6-21(30)26-18/h7-13H,4-6H2,1-3H3,(H,26,30)(H,27,28,31). The molecule has 5 rings (SSSR count). The molecule has 1 aromatic heterocycles. The fourth-order valence-corrected chi connectivity index (χ4v) is 5.20. The van der Waals surface area contributed by atoms with Crippen LogP contribution in [-0.2, 0) is 21.4 Å². The van der Waals surface area contributed by atoms with Crippen LogP contribution in [0.4, 0.5) is 16.5 Å². The lowest BCUT2D eigenvalue weighted by Crippen LogP contribution is -2.33. The molecule has 8 heteroatoms. The molecule has 0 aliphatic carbocycles. The number of thiazole rings is 1. The molecule has 0 unspecified atom stereocenters. The topological polar surface area (TPSA) is 91.4 Å². The molecule has 0 fully saturated rings. The van der Waals surface area contributed by atoms with Crippen molar-refractivity contribution in [2.75, 3.05) is 22.6 Å². The van der Waals surface area contributed by atoms with E-state index in [1.54, 1.807) is 24.1 Å². The van der Waals surface area contributed by atoms with Gasteiger partial charge in [0.25, 0.3) is 5.91 Å². The van der Waals surface area contributed by atoms with Crippen LogP contribution < -0.4 is 15.5 Å². The summed E-state index contributed by atoms with van der Waals surface area (Å²) < 4.78 is 0. The third-order valence-electron chi connectivity index (χ3n) is 6.38. The van der Waals surface area contributed by atoms with Crippen molar-refractivity contribution in [2.24, 2.45) is 0 Å². The van der Waals surface area contributed by atoms with Gasteiger partial charge >= 0.3 is 0 Å². The number of hydrogen-bond acceptors (Lipinski definition) is 5. The number of hydrogen-bond donors (Lipinski definition) is 2. The zero-order valence-corrected chi connectivity index (χ0v) is 19.5. The molecule has 2 N–H and O–H groups in total. The van der Waals surface area contributed by atoms with Crippen LogP contribution in [-0.4, -0.2) is 29.8 Å². The zero-order chi connectivity index (χ0) is 23.3. The third-order valence-corrected chi connectivity index (χ3v) is 7.14. The Kier molecular flexibility index (Phi) is 5.05. The van der Waals surface area contributed by atoms with Gasteiger partial charge in [-0.15, -0.1) is 11.3 Å². The molecular weight excluding hydrogens is 436 g/mol. The van der Waals surface area contributed by atoms with Gasteiger partial charge in [-0.3, -0.25) is 19.7 Å². The Morgan fingerprint density at radius 3 is 2.79 bits per heavy atom. The van der Waals surface area contributed by atoms with Gasteiger partial charge in [-0.1, -0.05) is 6.07 Å². The number of aryl methyl sites for hydroxylation is 1. The quantitative estimate of drug-likeness (QED) is 0.598. The monoisotopic (exact) mass is 460 g/mol. The Hall–Kier alpha value is -3.52. The highest BCUT2D eigenvalue weighted by Crippen LogP contribution is 2.42. The van der Waals surface area contributed by atoms with Crippen LogP contribution in [0.3, 0.4) is 0 Å². The van der Waals surface area contributed by atoms with Crippen molar-refractivity contribution < 1.29 is 14.4 Å². The average molecular weight is 461 g/mol. The summed E-state index contributed by atoms with van der Waals surface area (Å²) in [6, 6.07) is 11.2. The molecule has 0 spiro atoms. The Labute approximate surface area is 195 Å². The van der Waals surface area contributed by atoms with Crippen LogP contribution in [0.25, 0.3) is 11.3 Å². The molecule has 0 radical (unpaired) electrons. The molecule has 168 valence electrons. The predicted octanol–water partition coefficient (Wildman–Crippen LogP) is 4.59. The molecule has 0 atom stereocenters. The van der Waals surface area contributed by atoms with Crippen molar-refractivity contribution in [3.05, 3.63) is 58.5 Å². The van der Waals surface area contributed by atoms with Crippen molar-refractivity contribution >= 4 is 45.6 Å². The zero-order valence-electron chi connectivity index (χ0n) is 18.7. The second kappa shape index (κ2) is 7.81. The minimum Gasteiger partial charge on any atom is -0.326 e. The number of benzene rings is 2. The van der Waals surface area contributed by atoms with E-state index in [4.69, 9.17) is 0 Å². The molecule has 3 heterocycles. The number of nitrogens with zero attached hydrogens (tertiary/aromatic N) is 2. The summed E-state index contributed by atoms with van der Waals surface area (Å²) in [5.74, 6) is -0.162. The second-order valence-corrected chi connectivity index (χ2v) is 9.84. The molecule has 2 aromatic carbocycles. The smallest absolute Gasteiger partial charge is 0.257 e. The van der Waals surface area contributed by atoms with E-state index in [-0.39, 0.29) is 17.7 Å². The van der Waals surface area contributed by atoms with Gasteiger partial charge < -0.3 is 10.2 Å². The first-order valence-corrected chi connectivity index (χ1v) is 11.7. The van der Waals surface area contributed by atoms with Crippen molar-refractivity contribution in [2.45, 2.75) is 38.5 Å². The van der Waals surface area contributed by atoms with Crippen LogP contribution in [0.1, 0.15) is 48.2 Å². The Morgan fingerprint density at radius 1 is 1.15 bits per heavy atom. The molecular formula is C25H24N4O3S. The number of rotatable bonds is 3. The van der Waals surface area contributed by atoms with Gasteiger partial charge in [0.05, 0.1) is 11.1 Å². The van der Waals surface area contributed by atoms with E-state index >= 15 is 0 Å². The van der Waals surface area contributed by atoms with Gasteiger partial charge in [-0.05, 0) is 68.1 Å². The number of carbonyl (C=O) groups is 3. The first kappa shape index (κ1) is 21.3. The summed E-state index contributed by atoms with van der Waals surface area (Å²) in [7, 11) is 1.79.